The maximum absolute atomic E-state index is 12.9. The van der Waals surface area contributed by atoms with E-state index in [1.807, 2.05) is 9.80 Å². The van der Waals surface area contributed by atoms with E-state index < -0.39 is 0 Å². The number of pyridine rings is 1. The summed E-state index contributed by atoms with van der Waals surface area (Å²) < 4.78 is 0. The molecule has 2 rings (SSSR count). The smallest absolute Gasteiger partial charge is 0.272 e. The lowest BCUT2D eigenvalue weighted by Crippen LogP contribution is -2.43. The average molecular weight is 345 g/mol. The summed E-state index contributed by atoms with van der Waals surface area (Å²) >= 11 is 0. The Morgan fingerprint density at radius 3 is 2.44 bits per heavy atom. The van der Waals surface area contributed by atoms with E-state index in [2.05, 4.69) is 25.8 Å². The Hall–Kier alpha value is -1.91. The zero-order valence-electron chi connectivity index (χ0n) is 15.8. The fourth-order valence-electron chi connectivity index (χ4n) is 3.53. The number of aromatic nitrogens is 1. The van der Waals surface area contributed by atoms with Gasteiger partial charge >= 0.3 is 0 Å². The molecule has 1 aliphatic rings. The first-order chi connectivity index (χ1) is 12.1. The van der Waals surface area contributed by atoms with Crippen molar-refractivity contribution in [3.05, 3.63) is 29.6 Å². The number of likely N-dealkylation sites (tertiary alicyclic amines) is 1. The quantitative estimate of drug-likeness (QED) is 0.756. The van der Waals surface area contributed by atoms with E-state index in [4.69, 9.17) is 0 Å². The molecule has 25 heavy (non-hydrogen) atoms. The van der Waals surface area contributed by atoms with E-state index in [1.54, 1.807) is 18.2 Å². The summed E-state index contributed by atoms with van der Waals surface area (Å²) in [6.45, 7) is 8.47. The van der Waals surface area contributed by atoms with Gasteiger partial charge in [-0.15, -0.1) is 0 Å². The van der Waals surface area contributed by atoms with Gasteiger partial charge in [-0.3, -0.25) is 9.59 Å². The van der Waals surface area contributed by atoms with E-state index in [0.717, 1.165) is 51.7 Å². The molecule has 1 aliphatic heterocycles. The zero-order chi connectivity index (χ0) is 18.2. The summed E-state index contributed by atoms with van der Waals surface area (Å²) in [6, 6.07) is 5.50. The lowest BCUT2D eigenvalue weighted by Gasteiger charge is -2.35. The molecule has 2 amide bonds. The third-order valence-corrected chi connectivity index (χ3v) is 4.82. The van der Waals surface area contributed by atoms with Crippen LogP contribution in [-0.4, -0.2) is 52.3 Å². The number of rotatable bonds is 7. The van der Waals surface area contributed by atoms with Crippen molar-refractivity contribution in [3.63, 3.8) is 0 Å². The van der Waals surface area contributed by atoms with Gasteiger partial charge in [-0.1, -0.05) is 26.8 Å². The lowest BCUT2D eigenvalue weighted by atomic mass is 9.99. The van der Waals surface area contributed by atoms with Crippen LogP contribution >= 0.6 is 0 Å². The van der Waals surface area contributed by atoms with Gasteiger partial charge in [0.05, 0.1) is 0 Å². The second kappa shape index (κ2) is 9.54. The van der Waals surface area contributed by atoms with Crippen LogP contribution in [0.15, 0.2) is 18.2 Å². The summed E-state index contributed by atoms with van der Waals surface area (Å²) in [5.41, 5.74) is 0.761. The Balaban J connectivity index is 2.19. The molecule has 5 heteroatoms. The summed E-state index contributed by atoms with van der Waals surface area (Å²) in [6.07, 6.45) is 6.07. The highest BCUT2D eigenvalue weighted by Gasteiger charge is 2.27. The van der Waals surface area contributed by atoms with Gasteiger partial charge in [-0.05, 0) is 50.7 Å². The molecule has 1 atom stereocenters. The van der Waals surface area contributed by atoms with Gasteiger partial charge < -0.3 is 9.80 Å². The van der Waals surface area contributed by atoms with Crippen LogP contribution in [0.1, 0.15) is 80.3 Å². The first-order valence-electron chi connectivity index (χ1n) is 9.69. The second-order valence-corrected chi connectivity index (χ2v) is 6.76. The molecule has 0 radical (unpaired) electrons. The minimum atomic E-state index is -0.0796. The molecule has 138 valence electrons. The van der Waals surface area contributed by atoms with Crippen molar-refractivity contribution >= 4 is 11.8 Å². The third-order valence-electron chi connectivity index (χ3n) is 4.82. The molecule has 1 unspecified atom stereocenters. The van der Waals surface area contributed by atoms with Crippen LogP contribution < -0.4 is 0 Å². The molecule has 1 aromatic heterocycles. The predicted molar refractivity (Wildman–Crippen MR) is 99.7 cm³/mol. The van der Waals surface area contributed by atoms with Crippen molar-refractivity contribution in [2.75, 3.05) is 19.6 Å². The van der Waals surface area contributed by atoms with Gasteiger partial charge in [-0.2, -0.15) is 0 Å². The second-order valence-electron chi connectivity index (χ2n) is 6.76. The van der Waals surface area contributed by atoms with Crippen LogP contribution in [0.4, 0.5) is 0 Å². The molecule has 1 fully saturated rings. The van der Waals surface area contributed by atoms with Gasteiger partial charge in [0, 0.05) is 25.7 Å². The Morgan fingerprint density at radius 1 is 1.12 bits per heavy atom. The van der Waals surface area contributed by atoms with Crippen molar-refractivity contribution in [3.8, 4) is 0 Å². The molecule has 0 bridgehead atoms. The van der Waals surface area contributed by atoms with Crippen molar-refractivity contribution in [1.82, 2.24) is 14.8 Å². The van der Waals surface area contributed by atoms with Crippen molar-refractivity contribution in [2.45, 2.75) is 65.3 Å². The van der Waals surface area contributed by atoms with Crippen LogP contribution in [0, 0.1) is 0 Å². The highest BCUT2D eigenvalue weighted by atomic mass is 16.2. The maximum atomic E-state index is 12.9. The van der Waals surface area contributed by atoms with Gasteiger partial charge in [0.1, 0.15) is 11.4 Å². The number of hydrogen-bond donors (Lipinski definition) is 0. The first-order valence-corrected chi connectivity index (χ1v) is 9.69. The maximum Gasteiger partial charge on any atom is 0.272 e. The Bertz CT molecular complexity index is 582. The SMILES string of the molecule is CCCN(CCC)C(=O)c1cccc(C(=O)N2CCCCC2CC)n1. The zero-order valence-corrected chi connectivity index (χ0v) is 15.8. The molecule has 0 saturated carbocycles. The van der Waals surface area contributed by atoms with E-state index >= 15 is 0 Å². The summed E-state index contributed by atoms with van der Waals surface area (Å²) in [7, 11) is 0. The van der Waals surface area contributed by atoms with Crippen LogP contribution in [0.5, 0.6) is 0 Å². The average Bonchev–Trinajstić information content (AvgIpc) is 2.66. The van der Waals surface area contributed by atoms with E-state index in [9.17, 15) is 9.59 Å². The normalized spacial score (nSPS) is 17.4. The standard InChI is InChI=1S/C20H31N3O2/c1-4-13-22(14-5-2)19(24)17-11-9-12-18(21-17)20(25)23-15-8-7-10-16(23)6-3/h9,11-12,16H,4-8,10,13-15H2,1-3H3. The van der Waals surface area contributed by atoms with Crippen LogP contribution in [-0.2, 0) is 0 Å². The van der Waals surface area contributed by atoms with E-state index in [-0.39, 0.29) is 11.8 Å². The minimum Gasteiger partial charge on any atom is -0.337 e. The van der Waals surface area contributed by atoms with Crippen molar-refractivity contribution < 1.29 is 9.59 Å². The molecule has 0 aromatic carbocycles. The fourth-order valence-corrected chi connectivity index (χ4v) is 3.53. The molecule has 0 N–H and O–H groups in total. The number of piperidine rings is 1. The predicted octanol–water partition coefficient (Wildman–Crippen LogP) is 3.75. The molecular weight excluding hydrogens is 314 g/mol. The van der Waals surface area contributed by atoms with E-state index in [1.165, 1.54) is 6.42 Å². The van der Waals surface area contributed by atoms with Gasteiger partial charge in [0.15, 0.2) is 0 Å². The summed E-state index contributed by atoms with van der Waals surface area (Å²) in [5, 5.41) is 0. The number of hydrogen-bond acceptors (Lipinski definition) is 3. The van der Waals surface area contributed by atoms with Crippen LogP contribution in [0.2, 0.25) is 0 Å². The van der Waals surface area contributed by atoms with Crippen molar-refractivity contribution in [1.29, 1.82) is 0 Å². The number of carbonyl (C=O) groups is 2. The number of carbonyl (C=O) groups excluding carboxylic acids is 2. The number of nitrogens with zero attached hydrogens (tertiary/aromatic N) is 3. The molecule has 0 spiro atoms. The van der Waals surface area contributed by atoms with Crippen LogP contribution in [0.3, 0.4) is 0 Å². The van der Waals surface area contributed by atoms with Crippen molar-refractivity contribution in [2.24, 2.45) is 0 Å². The highest BCUT2D eigenvalue weighted by Crippen LogP contribution is 2.21. The summed E-state index contributed by atoms with van der Waals surface area (Å²) in [4.78, 5) is 33.8. The van der Waals surface area contributed by atoms with Gasteiger partial charge in [-0.25, -0.2) is 4.98 Å². The first kappa shape index (κ1) is 19.4. The Kier molecular flexibility index (Phi) is 7.41. The minimum absolute atomic E-state index is 0.0428. The fraction of sp³-hybridized carbons (Fsp3) is 0.650. The molecule has 1 saturated heterocycles. The van der Waals surface area contributed by atoms with Gasteiger partial charge in [0.25, 0.3) is 11.8 Å². The molecule has 2 heterocycles. The highest BCUT2D eigenvalue weighted by molar-refractivity contribution is 5.96. The van der Waals surface area contributed by atoms with Crippen LogP contribution in [0.25, 0.3) is 0 Å². The largest absolute Gasteiger partial charge is 0.337 e. The third kappa shape index (κ3) is 4.80. The molecule has 0 aliphatic carbocycles. The summed E-state index contributed by atoms with van der Waals surface area (Å²) in [5.74, 6) is -0.122. The van der Waals surface area contributed by atoms with Gasteiger partial charge in [0.2, 0.25) is 0 Å². The molecule has 5 nitrogen and oxygen atoms in total. The number of amides is 2. The van der Waals surface area contributed by atoms with E-state index in [0.29, 0.717) is 17.4 Å². The molecule has 1 aromatic rings. The monoisotopic (exact) mass is 345 g/mol. The Labute approximate surface area is 151 Å². The topological polar surface area (TPSA) is 53.5 Å². The molecular formula is C20H31N3O2. The Morgan fingerprint density at radius 2 is 1.80 bits per heavy atom. The lowest BCUT2D eigenvalue weighted by molar-refractivity contribution is 0.0601.